The Balaban J connectivity index is 2.54. The topological polar surface area (TPSA) is 49.8 Å². The van der Waals surface area contributed by atoms with Crippen LogP contribution < -0.4 is 10.9 Å². The molecule has 17 heavy (non-hydrogen) atoms. The smallest absolute Gasteiger partial charge is 0.382 e. The Morgan fingerprint density at radius 3 is 2.41 bits per heavy atom. The second-order valence-corrected chi connectivity index (χ2v) is 4.22. The summed E-state index contributed by atoms with van der Waals surface area (Å²) in [7, 11) is 1.32. The molecule has 2 rings (SSSR count). The van der Waals surface area contributed by atoms with Crippen LogP contribution in [0.2, 0.25) is 0 Å². The Bertz CT molecular complexity index is 454. The second-order valence-electron chi connectivity index (χ2n) is 4.22. The van der Waals surface area contributed by atoms with Gasteiger partial charge in [-0.05, 0) is 12.8 Å². The van der Waals surface area contributed by atoms with Gasteiger partial charge in [-0.25, -0.2) is 0 Å². The third-order valence-corrected chi connectivity index (χ3v) is 3.14. The molecule has 1 aromatic rings. The summed E-state index contributed by atoms with van der Waals surface area (Å²) in [5.41, 5.74) is -2.01. The van der Waals surface area contributed by atoms with E-state index in [0.717, 1.165) is 17.5 Å². The lowest BCUT2D eigenvalue weighted by Crippen LogP contribution is -2.19. The number of nitrogens with zero attached hydrogens (tertiary/aromatic N) is 1. The highest BCUT2D eigenvalue weighted by atomic mass is 19.4. The van der Waals surface area contributed by atoms with Crippen LogP contribution in [0.15, 0.2) is 4.79 Å². The molecule has 0 aliphatic heterocycles. The largest absolute Gasteiger partial charge is 0.435 e. The van der Waals surface area contributed by atoms with Gasteiger partial charge in [-0.1, -0.05) is 12.8 Å². The summed E-state index contributed by atoms with van der Waals surface area (Å²) in [6.07, 6.45) is -1.37. The van der Waals surface area contributed by atoms with Crippen molar-refractivity contribution in [3.63, 3.8) is 0 Å². The highest BCUT2D eigenvalue weighted by Crippen LogP contribution is 2.38. The molecule has 1 aliphatic rings. The van der Waals surface area contributed by atoms with E-state index in [9.17, 15) is 18.0 Å². The van der Waals surface area contributed by atoms with Crippen molar-refractivity contribution in [1.82, 2.24) is 9.78 Å². The fourth-order valence-electron chi connectivity index (χ4n) is 2.40. The highest BCUT2D eigenvalue weighted by Gasteiger charge is 2.41. The van der Waals surface area contributed by atoms with Gasteiger partial charge >= 0.3 is 6.18 Å². The molecular formula is C10H14F3N3O. The van der Waals surface area contributed by atoms with E-state index >= 15 is 0 Å². The lowest BCUT2D eigenvalue weighted by atomic mass is 10.2. The number of halogens is 3. The third-order valence-electron chi connectivity index (χ3n) is 3.14. The molecule has 0 bridgehead atoms. The zero-order valence-corrected chi connectivity index (χ0v) is 9.40. The summed E-state index contributed by atoms with van der Waals surface area (Å²) in [6, 6.07) is -0.249. The average Bonchev–Trinajstić information content (AvgIpc) is 2.81. The Morgan fingerprint density at radius 1 is 1.35 bits per heavy atom. The van der Waals surface area contributed by atoms with E-state index in [0.29, 0.717) is 12.8 Å². The van der Waals surface area contributed by atoms with E-state index in [1.54, 1.807) is 0 Å². The van der Waals surface area contributed by atoms with Crippen LogP contribution in [0.5, 0.6) is 0 Å². The fraction of sp³-hybridized carbons (Fsp3) is 0.700. The van der Waals surface area contributed by atoms with E-state index < -0.39 is 23.1 Å². The van der Waals surface area contributed by atoms with Crippen LogP contribution >= 0.6 is 0 Å². The number of H-pyrrole nitrogens is 1. The predicted molar refractivity (Wildman–Crippen MR) is 57.1 cm³/mol. The monoisotopic (exact) mass is 249 g/mol. The Hall–Kier alpha value is -1.40. The van der Waals surface area contributed by atoms with Gasteiger partial charge in [0.2, 0.25) is 0 Å². The van der Waals surface area contributed by atoms with Gasteiger partial charge < -0.3 is 5.32 Å². The van der Waals surface area contributed by atoms with Crippen molar-refractivity contribution in [2.24, 2.45) is 0 Å². The normalized spacial score (nSPS) is 17.6. The standard InChI is InChI=1S/C10H14F3N3O/c1-14-7-8(10(11,12)13)16(15-9(7)17)6-4-2-3-5-6/h6,14H,2-5H2,1H3,(H,15,17). The van der Waals surface area contributed by atoms with Crippen LogP contribution in [-0.2, 0) is 6.18 Å². The average molecular weight is 249 g/mol. The number of hydrogen-bond acceptors (Lipinski definition) is 2. The van der Waals surface area contributed by atoms with Crippen molar-refractivity contribution in [2.45, 2.75) is 37.9 Å². The summed E-state index contributed by atoms with van der Waals surface area (Å²) in [5, 5.41) is 4.62. The van der Waals surface area contributed by atoms with Crippen LogP contribution in [0.1, 0.15) is 37.4 Å². The second kappa shape index (κ2) is 4.12. The summed E-state index contributed by atoms with van der Waals surface area (Å²) in [5.74, 6) is 0. The van der Waals surface area contributed by atoms with Gasteiger partial charge in [0.1, 0.15) is 5.69 Å². The van der Waals surface area contributed by atoms with Gasteiger partial charge in [0.15, 0.2) is 5.69 Å². The van der Waals surface area contributed by atoms with Crippen molar-refractivity contribution in [3.05, 3.63) is 16.0 Å². The van der Waals surface area contributed by atoms with Crippen LogP contribution in [0.3, 0.4) is 0 Å². The number of alkyl halides is 3. The van der Waals surface area contributed by atoms with Crippen molar-refractivity contribution < 1.29 is 13.2 Å². The lowest BCUT2D eigenvalue weighted by molar-refractivity contribution is -0.144. The SMILES string of the molecule is CNc1c(C(F)(F)F)n(C2CCCC2)[nH]c1=O. The van der Waals surface area contributed by atoms with Gasteiger partial charge in [0.25, 0.3) is 5.56 Å². The fourth-order valence-corrected chi connectivity index (χ4v) is 2.40. The molecule has 96 valence electrons. The number of nitrogens with one attached hydrogen (secondary N) is 2. The predicted octanol–water partition coefficient (Wildman–Crippen LogP) is 2.35. The van der Waals surface area contributed by atoms with E-state index in [1.165, 1.54) is 7.05 Å². The first-order chi connectivity index (χ1) is 7.95. The minimum absolute atomic E-state index is 0.249. The molecule has 4 nitrogen and oxygen atoms in total. The minimum Gasteiger partial charge on any atom is -0.382 e. The van der Waals surface area contributed by atoms with Crippen molar-refractivity contribution in [3.8, 4) is 0 Å². The zero-order chi connectivity index (χ0) is 12.6. The molecule has 1 saturated carbocycles. The lowest BCUT2D eigenvalue weighted by Gasteiger charge is -2.17. The van der Waals surface area contributed by atoms with E-state index in [4.69, 9.17) is 0 Å². The highest BCUT2D eigenvalue weighted by molar-refractivity contribution is 5.47. The summed E-state index contributed by atoms with van der Waals surface area (Å²) in [6.45, 7) is 0. The number of aromatic nitrogens is 2. The molecule has 2 N–H and O–H groups in total. The maximum atomic E-state index is 12.9. The molecule has 0 amide bonds. The molecule has 1 aromatic heterocycles. The van der Waals surface area contributed by atoms with E-state index in [-0.39, 0.29) is 6.04 Å². The van der Waals surface area contributed by atoms with Crippen LogP contribution in [-0.4, -0.2) is 16.8 Å². The first-order valence-corrected chi connectivity index (χ1v) is 5.54. The van der Waals surface area contributed by atoms with Gasteiger partial charge in [-0.2, -0.15) is 13.2 Å². The molecule has 0 radical (unpaired) electrons. The Kier molecular flexibility index (Phi) is 2.92. The Morgan fingerprint density at radius 2 is 1.94 bits per heavy atom. The van der Waals surface area contributed by atoms with Crippen molar-refractivity contribution in [1.29, 1.82) is 0 Å². The van der Waals surface area contributed by atoms with Crippen LogP contribution in [0.4, 0.5) is 18.9 Å². The van der Waals surface area contributed by atoms with Gasteiger partial charge in [0, 0.05) is 7.05 Å². The van der Waals surface area contributed by atoms with Crippen LogP contribution in [0.25, 0.3) is 0 Å². The minimum atomic E-state index is -4.53. The number of rotatable bonds is 2. The van der Waals surface area contributed by atoms with Gasteiger partial charge in [-0.3, -0.25) is 14.6 Å². The molecule has 0 atom stereocenters. The molecular weight excluding hydrogens is 235 g/mol. The van der Waals surface area contributed by atoms with Gasteiger partial charge in [-0.15, -0.1) is 0 Å². The van der Waals surface area contributed by atoms with E-state index in [2.05, 4.69) is 10.4 Å². The number of anilines is 1. The third kappa shape index (κ3) is 2.05. The quantitative estimate of drug-likeness (QED) is 0.845. The van der Waals surface area contributed by atoms with Crippen LogP contribution in [0, 0.1) is 0 Å². The molecule has 0 unspecified atom stereocenters. The molecule has 0 saturated heterocycles. The summed E-state index contributed by atoms with van der Waals surface area (Å²) < 4.78 is 39.8. The van der Waals surface area contributed by atoms with Gasteiger partial charge in [0.05, 0.1) is 6.04 Å². The van der Waals surface area contributed by atoms with Crippen molar-refractivity contribution >= 4 is 5.69 Å². The first kappa shape index (κ1) is 12.1. The molecule has 0 aromatic carbocycles. The summed E-state index contributed by atoms with van der Waals surface area (Å²) in [4.78, 5) is 11.5. The zero-order valence-electron chi connectivity index (χ0n) is 9.40. The number of aromatic amines is 1. The van der Waals surface area contributed by atoms with Crippen molar-refractivity contribution in [2.75, 3.05) is 12.4 Å². The molecule has 1 aliphatic carbocycles. The molecule has 7 heteroatoms. The first-order valence-electron chi connectivity index (χ1n) is 5.54. The maximum absolute atomic E-state index is 12.9. The summed E-state index contributed by atoms with van der Waals surface area (Å²) >= 11 is 0. The van der Waals surface area contributed by atoms with E-state index in [1.807, 2.05) is 0 Å². The Labute approximate surface area is 95.8 Å². The molecule has 1 heterocycles. The maximum Gasteiger partial charge on any atom is 0.435 e. The molecule has 0 spiro atoms. The molecule has 1 fully saturated rings. The number of hydrogen-bond donors (Lipinski definition) is 2.